The third kappa shape index (κ3) is 3.05. The Morgan fingerprint density at radius 3 is 2.61 bits per heavy atom. The maximum atomic E-state index is 13.6. The highest BCUT2D eigenvalue weighted by atomic mass is 79.9. The van der Waals surface area contributed by atoms with E-state index in [-0.39, 0.29) is 17.5 Å². The molecule has 144 valence electrons. The molecule has 0 bridgehead atoms. The molecule has 5 nitrogen and oxygen atoms in total. The van der Waals surface area contributed by atoms with Crippen molar-refractivity contribution in [1.82, 2.24) is 9.78 Å². The quantitative estimate of drug-likeness (QED) is 0.584. The summed E-state index contributed by atoms with van der Waals surface area (Å²) in [7, 11) is 0. The number of halogens is 1. The lowest BCUT2D eigenvalue weighted by Gasteiger charge is -2.31. The molecule has 6 heteroatoms. The Morgan fingerprint density at radius 2 is 1.89 bits per heavy atom. The number of amides is 1. The van der Waals surface area contributed by atoms with Crippen molar-refractivity contribution < 1.29 is 4.79 Å². The van der Waals surface area contributed by atoms with Crippen molar-refractivity contribution in [3.63, 3.8) is 0 Å². The molecule has 2 heterocycles. The van der Waals surface area contributed by atoms with Gasteiger partial charge in [-0.3, -0.25) is 9.59 Å². The first-order valence-electron chi connectivity index (χ1n) is 9.51. The molecule has 0 fully saturated rings. The van der Waals surface area contributed by atoms with Crippen LogP contribution in [0.4, 0.5) is 5.69 Å². The van der Waals surface area contributed by atoms with Gasteiger partial charge >= 0.3 is 0 Å². The van der Waals surface area contributed by atoms with Gasteiger partial charge in [-0.2, -0.15) is 5.10 Å². The molecule has 28 heavy (non-hydrogen) atoms. The van der Waals surface area contributed by atoms with Crippen LogP contribution in [0.2, 0.25) is 0 Å². The summed E-state index contributed by atoms with van der Waals surface area (Å²) in [5, 5.41) is 5.63. The first-order chi connectivity index (χ1) is 13.4. The van der Waals surface area contributed by atoms with E-state index >= 15 is 0 Å². The van der Waals surface area contributed by atoms with Gasteiger partial charge in [-0.05, 0) is 62.9 Å². The molecular weight excluding hydrogens is 418 g/mol. The van der Waals surface area contributed by atoms with Gasteiger partial charge in [-0.15, -0.1) is 0 Å². The number of carbonyl (C=O) groups is 1. The largest absolute Gasteiger partial charge is 0.306 e. The summed E-state index contributed by atoms with van der Waals surface area (Å²) >= 11 is 3.56. The fourth-order valence-electron chi connectivity index (χ4n) is 3.97. The predicted molar refractivity (Wildman–Crippen MR) is 115 cm³/mol. The van der Waals surface area contributed by atoms with Crippen molar-refractivity contribution in [2.75, 3.05) is 11.4 Å². The molecule has 1 amide bonds. The minimum atomic E-state index is -0.165. The minimum Gasteiger partial charge on any atom is -0.306 e. The molecule has 2 aromatic carbocycles. The Kier molecular flexibility index (Phi) is 4.83. The summed E-state index contributed by atoms with van der Waals surface area (Å²) in [5.74, 6) is -0.156. The lowest BCUT2D eigenvalue weighted by molar-refractivity contribution is 0.0979. The molecule has 1 aliphatic heterocycles. The van der Waals surface area contributed by atoms with Crippen LogP contribution in [0.3, 0.4) is 0 Å². The van der Waals surface area contributed by atoms with Crippen molar-refractivity contribution in [3.8, 4) is 0 Å². The van der Waals surface area contributed by atoms with Crippen molar-refractivity contribution in [3.05, 3.63) is 68.0 Å². The van der Waals surface area contributed by atoms with Crippen LogP contribution in [-0.4, -0.2) is 22.2 Å². The Labute approximate surface area is 172 Å². The molecule has 0 spiro atoms. The number of nitrogens with zero attached hydrogens (tertiary/aromatic N) is 3. The van der Waals surface area contributed by atoms with Gasteiger partial charge in [0.2, 0.25) is 0 Å². The zero-order valence-corrected chi connectivity index (χ0v) is 17.8. The van der Waals surface area contributed by atoms with E-state index in [0.717, 1.165) is 34.1 Å². The van der Waals surface area contributed by atoms with E-state index in [1.54, 1.807) is 12.1 Å². The summed E-state index contributed by atoms with van der Waals surface area (Å²) in [5.41, 5.74) is 3.35. The Hall–Kier alpha value is -2.47. The smallest absolute Gasteiger partial charge is 0.279 e. The molecule has 1 aromatic heterocycles. The van der Waals surface area contributed by atoms with Crippen molar-refractivity contribution in [1.29, 1.82) is 0 Å². The number of aryl methyl sites for hydroxylation is 2. The highest BCUT2D eigenvalue weighted by Crippen LogP contribution is 2.34. The van der Waals surface area contributed by atoms with Crippen LogP contribution < -0.4 is 10.5 Å². The zero-order valence-electron chi connectivity index (χ0n) is 16.2. The second-order valence-corrected chi connectivity index (χ2v) is 8.44. The minimum absolute atomic E-state index is 0.130. The van der Waals surface area contributed by atoms with Crippen molar-refractivity contribution in [2.45, 2.75) is 39.7 Å². The van der Waals surface area contributed by atoms with Crippen LogP contribution in [0, 0.1) is 6.92 Å². The average Bonchev–Trinajstić information content (AvgIpc) is 2.67. The number of benzene rings is 2. The van der Waals surface area contributed by atoms with E-state index in [1.165, 1.54) is 4.68 Å². The molecule has 3 aromatic rings. The van der Waals surface area contributed by atoms with Crippen molar-refractivity contribution >= 4 is 38.3 Å². The lowest BCUT2D eigenvalue weighted by Crippen LogP contribution is -2.38. The first-order valence-corrected chi connectivity index (χ1v) is 10.3. The van der Waals surface area contributed by atoms with Crippen LogP contribution >= 0.6 is 15.9 Å². The maximum Gasteiger partial charge on any atom is 0.279 e. The van der Waals surface area contributed by atoms with E-state index in [0.29, 0.717) is 23.0 Å². The van der Waals surface area contributed by atoms with E-state index in [9.17, 15) is 9.59 Å². The number of rotatable bonds is 2. The Balaban J connectivity index is 1.92. The van der Waals surface area contributed by atoms with E-state index in [1.807, 2.05) is 43.9 Å². The van der Waals surface area contributed by atoms with Gasteiger partial charge in [0.25, 0.3) is 11.5 Å². The van der Waals surface area contributed by atoms with Gasteiger partial charge in [0.05, 0.1) is 17.1 Å². The number of aromatic nitrogens is 2. The lowest BCUT2D eigenvalue weighted by atomic mass is 9.97. The van der Waals surface area contributed by atoms with Crippen LogP contribution in [0.5, 0.6) is 0 Å². The molecule has 0 saturated heterocycles. The number of carbonyl (C=O) groups excluding carboxylic acids is 1. The number of anilines is 1. The van der Waals surface area contributed by atoms with Gasteiger partial charge in [-0.25, -0.2) is 4.68 Å². The van der Waals surface area contributed by atoms with Gasteiger partial charge in [-0.1, -0.05) is 34.1 Å². The maximum absolute atomic E-state index is 13.6. The Bertz CT molecular complexity index is 1150. The predicted octanol–water partition coefficient (Wildman–Crippen LogP) is 4.64. The number of fused-ring (bicyclic) bond motifs is 2. The third-order valence-electron chi connectivity index (χ3n) is 5.21. The topological polar surface area (TPSA) is 55.2 Å². The Morgan fingerprint density at radius 1 is 1.18 bits per heavy atom. The van der Waals surface area contributed by atoms with Gasteiger partial charge in [0.15, 0.2) is 5.69 Å². The highest BCUT2D eigenvalue weighted by Gasteiger charge is 2.28. The zero-order chi connectivity index (χ0) is 20.0. The van der Waals surface area contributed by atoms with Crippen molar-refractivity contribution in [2.24, 2.45) is 0 Å². The van der Waals surface area contributed by atoms with Crippen LogP contribution in [-0.2, 0) is 6.42 Å². The fraction of sp³-hybridized carbons (Fsp3) is 0.318. The number of hydrogen-bond acceptors (Lipinski definition) is 3. The molecule has 0 aliphatic carbocycles. The molecule has 0 saturated carbocycles. The monoisotopic (exact) mass is 439 g/mol. The standard InChI is InChI=1S/C22H22BrN3O2/c1-13(2)26-21(27)18-9-5-4-8-17(18)19(24-26)22(28)25-10-6-7-15-12-16(23)11-14(3)20(15)25/h4-5,8-9,11-13H,6-7,10H2,1-3H3. The second-order valence-electron chi connectivity index (χ2n) is 7.53. The normalized spacial score (nSPS) is 13.8. The fourth-order valence-corrected chi connectivity index (χ4v) is 4.59. The summed E-state index contributed by atoms with van der Waals surface area (Å²) in [4.78, 5) is 28.2. The third-order valence-corrected chi connectivity index (χ3v) is 5.67. The molecule has 4 rings (SSSR count). The van der Waals surface area contributed by atoms with Crippen LogP contribution in [0.1, 0.15) is 47.9 Å². The summed E-state index contributed by atoms with van der Waals surface area (Å²) in [6, 6.07) is 11.2. The summed E-state index contributed by atoms with van der Waals surface area (Å²) in [6.45, 7) is 6.46. The molecule has 0 unspecified atom stereocenters. The molecule has 0 atom stereocenters. The van der Waals surface area contributed by atoms with Gasteiger partial charge < -0.3 is 4.90 Å². The molecule has 0 N–H and O–H groups in total. The van der Waals surface area contributed by atoms with E-state index in [2.05, 4.69) is 27.1 Å². The van der Waals surface area contributed by atoms with E-state index in [4.69, 9.17) is 0 Å². The summed E-state index contributed by atoms with van der Waals surface area (Å²) < 4.78 is 2.43. The molecular formula is C22H22BrN3O2. The average molecular weight is 440 g/mol. The van der Waals surface area contributed by atoms with Crippen LogP contribution in [0.25, 0.3) is 10.8 Å². The molecule has 1 aliphatic rings. The second kappa shape index (κ2) is 7.17. The van der Waals surface area contributed by atoms with Gasteiger partial charge in [0.1, 0.15) is 0 Å². The summed E-state index contributed by atoms with van der Waals surface area (Å²) in [6.07, 6.45) is 1.84. The molecule has 0 radical (unpaired) electrons. The van der Waals surface area contributed by atoms with E-state index < -0.39 is 0 Å². The van der Waals surface area contributed by atoms with Crippen LogP contribution in [0.15, 0.2) is 45.7 Å². The first kappa shape index (κ1) is 18.9. The highest BCUT2D eigenvalue weighted by molar-refractivity contribution is 9.10. The number of hydrogen-bond donors (Lipinski definition) is 0. The SMILES string of the molecule is Cc1cc(Br)cc2c1N(C(=O)c1nn(C(C)C)c(=O)c3ccccc13)CCC2. The van der Waals surface area contributed by atoms with Gasteiger partial charge in [0, 0.05) is 16.4 Å².